The van der Waals surface area contributed by atoms with E-state index in [9.17, 15) is 4.79 Å². The van der Waals surface area contributed by atoms with Gasteiger partial charge in [0.25, 0.3) is 0 Å². The average molecular weight is 274 g/mol. The Morgan fingerprint density at radius 3 is 2.94 bits per heavy atom. The highest BCUT2D eigenvalue weighted by molar-refractivity contribution is 6.31. The zero-order valence-electron chi connectivity index (χ0n) is 11.1. The minimum atomic E-state index is -0.358. The maximum atomic E-state index is 11.8. The number of nitrogens with one attached hydrogen (secondary N) is 1. The lowest BCUT2D eigenvalue weighted by atomic mass is 10.3. The molecule has 1 atom stereocenters. The molecule has 1 unspecified atom stereocenters. The first kappa shape index (κ1) is 15.0. The Morgan fingerprint density at radius 1 is 1.67 bits per heavy atom. The molecule has 0 saturated heterocycles. The minimum Gasteiger partial charge on any atom is -0.382 e. The molecule has 1 amide bonds. The van der Waals surface area contributed by atoms with Crippen LogP contribution in [0.25, 0.3) is 0 Å². The highest BCUT2D eigenvalue weighted by Crippen LogP contribution is 2.15. The van der Waals surface area contributed by atoms with Gasteiger partial charge in [-0.1, -0.05) is 11.6 Å². The van der Waals surface area contributed by atoms with Gasteiger partial charge in [-0.3, -0.25) is 9.48 Å². The summed E-state index contributed by atoms with van der Waals surface area (Å²) < 4.78 is 6.77. The summed E-state index contributed by atoms with van der Waals surface area (Å²) in [6.07, 6.45) is 2.48. The number of ether oxygens (including phenoxy) is 1. The van der Waals surface area contributed by atoms with Crippen molar-refractivity contribution in [3.05, 3.63) is 16.9 Å². The third-order valence-electron chi connectivity index (χ3n) is 2.60. The molecule has 5 nitrogen and oxygen atoms in total. The third-order valence-corrected chi connectivity index (χ3v) is 2.97. The van der Waals surface area contributed by atoms with Crippen LogP contribution in [0.4, 0.5) is 0 Å². The number of carbonyl (C=O) groups excluding carboxylic acids is 1. The van der Waals surface area contributed by atoms with E-state index in [0.29, 0.717) is 24.8 Å². The fourth-order valence-electron chi connectivity index (χ4n) is 1.46. The summed E-state index contributed by atoms with van der Waals surface area (Å²) in [4.78, 5) is 11.8. The minimum absolute atomic E-state index is 0.0642. The summed E-state index contributed by atoms with van der Waals surface area (Å²) in [6, 6.07) is -0.358. The van der Waals surface area contributed by atoms with Gasteiger partial charge in [0, 0.05) is 26.0 Å². The second-order valence-electron chi connectivity index (χ2n) is 4.06. The predicted octanol–water partition coefficient (Wildman–Crippen LogP) is 1.95. The number of hydrogen-bond acceptors (Lipinski definition) is 3. The summed E-state index contributed by atoms with van der Waals surface area (Å²) >= 11 is 5.91. The Balaban J connectivity index is 2.37. The van der Waals surface area contributed by atoms with Crippen molar-refractivity contribution in [3.63, 3.8) is 0 Å². The maximum absolute atomic E-state index is 11.8. The van der Waals surface area contributed by atoms with Crippen LogP contribution in [0.5, 0.6) is 0 Å². The molecular formula is C12H20ClN3O2. The van der Waals surface area contributed by atoms with Crippen molar-refractivity contribution in [1.82, 2.24) is 15.1 Å². The van der Waals surface area contributed by atoms with E-state index in [4.69, 9.17) is 16.3 Å². The van der Waals surface area contributed by atoms with Crippen LogP contribution in [0.3, 0.4) is 0 Å². The van der Waals surface area contributed by atoms with Crippen LogP contribution < -0.4 is 5.32 Å². The van der Waals surface area contributed by atoms with Gasteiger partial charge in [-0.2, -0.15) is 5.10 Å². The Hall–Kier alpha value is -1.07. The SMILES string of the molecule is CCOCCCNC(=O)C(C)n1cc(Cl)c(C)n1. The van der Waals surface area contributed by atoms with E-state index in [2.05, 4.69) is 10.4 Å². The molecule has 0 bridgehead atoms. The van der Waals surface area contributed by atoms with E-state index in [-0.39, 0.29) is 11.9 Å². The van der Waals surface area contributed by atoms with E-state index in [1.807, 2.05) is 13.8 Å². The number of rotatable bonds is 7. The molecule has 6 heteroatoms. The third kappa shape index (κ3) is 4.31. The quantitative estimate of drug-likeness (QED) is 0.773. The lowest BCUT2D eigenvalue weighted by Crippen LogP contribution is -2.32. The van der Waals surface area contributed by atoms with Crippen molar-refractivity contribution in [2.75, 3.05) is 19.8 Å². The number of nitrogens with zero attached hydrogens (tertiary/aromatic N) is 2. The molecular weight excluding hydrogens is 254 g/mol. The number of aryl methyl sites for hydroxylation is 1. The molecule has 1 rings (SSSR count). The highest BCUT2D eigenvalue weighted by atomic mass is 35.5. The van der Waals surface area contributed by atoms with E-state index >= 15 is 0 Å². The topological polar surface area (TPSA) is 56.1 Å². The van der Waals surface area contributed by atoms with Crippen molar-refractivity contribution in [2.45, 2.75) is 33.2 Å². The molecule has 0 aliphatic carbocycles. The van der Waals surface area contributed by atoms with Crippen LogP contribution >= 0.6 is 11.6 Å². The van der Waals surface area contributed by atoms with Crippen molar-refractivity contribution < 1.29 is 9.53 Å². The monoisotopic (exact) mass is 273 g/mol. The summed E-state index contributed by atoms with van der Waals surface area (Å²) in [5, 5.41) is 7.61. The second-order valence-corrected chi connectivity index (χ2v) is 4.47. The average Bonchev–Trinajstić information content (AvgIpc) is 2.68. The largest absolute Gasteiger partial charge is 0.382 e. The zero-order valence-corrected chi connectivity index (χ0v) is 11.8. The molecule has 0 aliphatic rings. The fourth-order valence-corrected chi connectivity index (χ4v) is 1.59. The van der Waals surface area contributed by atoms with Crippen LogP contribution in [0.1, 0.15) is 32.0 Å². The van der Waals surface area contributed by atoms with Crippen LogP contribution in [-0.2, 0) is 9.53 Å². The first-order valence-electron chi connectivity index (χ1n) is 6.13. The van der Waals surface area contributed by atoms with E-state index in [1.165, 1.54) is 0 Å². The Morgan fingerprint density at radius 2 is 2.39 bits per heavy atom. The molecule has 0 saturated carbocycles. The second kappa shape index (κ2) is 7.38. The van der Waals surface area contributed by atoms with Gasteiger partial charge in [0.15, 0.2) is 0 Å². The normalized spacial score (nSPS) is 12.4. The molecule has 18 heavy (non-hydrogen) atoms. The van der Waals surface area contributed by atoms with Crippen LogP contribution in [0, 0.1) is 6.92 Å². The van der Waals surface area contributed by atoms with Gasteiger partial charge in [-0.25, -0.2) is 0 Å². The zero-order chi connectivity index (χ0) is 13.5. The predicted molar refractivity (Wildman–Crippen MR) is 70.8 cm³/mol. The van der Waals surface area contributed by atoms with Crippen molar-refractivity contribution in [3.8, 4) is 0 Å². The van der Waals surface area contributed by atoms with Gasteiger partial charge in [0.1, 0.15) is 6.04 Å². The summed E-state index contributed by atoms with van der Waals surface area (Å²) in [5.74, 6) is -0.0642. The lowest BCUT2D eigenvalue weighted by Gasteiger charge is -2.12. The molecule has 0 radical (unpaired) electrons. The molecule has 1 N–H and O–H groups in total. The van der Waals surface area contributed by atoms with Gasteiger partial charge in [-0.15, -0.1) is 0 Å². The van der Waals surface area contributed by atoms with Crippen molar-refractivity contribution in [2.24, 2.45) is 0 Å². The molecule has 0 aliphatic heterocycles. The maximum Gasteiger partial charge on any atom is 0.244 e. The molecule has 1 aromatic rings. The smallest absolute Gasteiger partial charge is 0.244 e. The number of carbonyl (C=O) groups is 1. The van der Waals surface area contributed by atoms with Gasteiger partial charge in [-0.05, 0) is 27.2 Å². The Labute approximate surface area is 112 Å². The number of amides is 1. The van der Waals surface area contributed by atoms with E-state index < -0.39 is 0 Å². The molecule has 1 aromatic heterocycles. The Bertz CT molecular complexity index is 373. The number of halogens is 1. The first-order valence-corrected chi connectivity index (χ1v) is 6.50. The Kier molecular flexibility index (Phi) is 6.15. The van der Waals surface area contributed by atoms with E-state index in [1.54, 1.807) is 17.8 Å². The first-order chi connectivity index (χ1) is 8.56. The van der Waals surface area contributed by atoms with E-state index in [0.717, 1.165) is 12.1 Å². The number of hydrogen-bond donors (Lipinski definition) is 1. The number of aromatic nitrogens is 2. The molecule has 102 valence electrons. The van der Waals surface area contributed by atoms with Crippen LogP contribution in [0.15, 0.2) is 6.20 Å². The lowest BCUT2D eigenvalue weighted by molar-refractivity contribution is -0.124. The molecule has 0 spiro atoms. The summed E-state index contributed by atoms with van der Waals surface area (Å²) in [5.41, 5.74) is 0.729. The van der Waals surface area contributed by atoms with Gasteiger partial charge >= 0.3 is 0 Å². The molecule has 1 heterocycles. The highest BCUT2D eigenvalue weighted by Gasteiger charge is 2.16. The van der Waals surface area contributed by atoms with Crippen LogP contribution in [0.2, 0.25) is 5.02 Å². The van der Waals surface area contributed by atoms with Gasteiger partial charge < -0.3 is 10.1 Å². The van der Waals surface area contributed by atoms with Crippen molar-refractivity contribution in [1.29, 1.82) is 0 Å². The standard InChI is InChI=1S/C12H20ClN3O2/c1-4-18-7-5-6-14-12(17)10(3)16-8-11(13)9(2)15-16/h8,10H,4-7H2,1-3H3,(H,14,17). The molecule has 0 fully saturated rings. The summed E-state index contributed by atoms with van der Waals surface area (Å²) in [6.45, 7) is 7.53. The molecule has 0 aromatic carbocycles. The van der Waals surface area contributed by atoms with Crippen molar-refractivity contribution >= 4 is 17.5 Å². The fraction of sp³-hybridized carbons (Fsp3) is 0.667. The van der Waals surface area contributed by atoms with Gasteiger partial charge in [0.2, 0.25) is 5.91 Å². The van der Waals surface area contributed by atoms with Crippen LogP contribution in [-0.4, -0.2) is 35.4 Å². The van der Waals surface area contributed by atoms with Gasteiger partial charge in [0.05, 0.1) is 10.7 Å². The summed E-state index contributed by atoms with van der Waals surface area (Å²) in [7, 11) is 0.